The molecule has 5 heteroatoms. The number of carbonyl (C=O) groups excluding carboxylic acids is 2. The highest BCUT2D eigenvalue weighted by Gasteiger charge is 2.35. The van der Waals surface area contributed by atoms with Crippen molar-refractivity contribution in [3.63, 3.8) is 0 Å². The van der Waals surface area contributed by atoms with Crippen molar-refractivity contribution >= 4 is 29.1 Å². The second-order valence-corrected chi connectivity index (χ2v) is 5.78. The largest absolute Gasteiger partial charge is 0.304 e. The zero-order chi connectivity index (χ0) is 14.8. The highest BCUT2D eigenvalue weighted by molar-refractivity contribution is 7.99. The molecule has 0 fully saturated rings. The van der Waals surface area contributed by atoms with Gasteiger partial charge in [-0.2, -0.15) is 0 Å². The van der Waals surface area contributed by atoms with Crippen molar-refractivity contribution in [2.45, 2.75) is 4.90 Å². The fraction of sp³-hybridized carbons (Fsp3) is 0.125. The van der Waals surface area contributed by atoms with E-state index in [-0.39, 0.29) is 5.56 Å². The first-order chi connectivity index (χ1) is 10.2. The Labute approximate surface area is 125 Å². The summed E-state index contributed by atoms with van der Waals surface area (Å²) >= 11 is 1.61. The Morgan fingerprint density at radius 3 is 2.57 bits per heavy atom. The van der Waals surface area contributed by atoms with Crippen LogP contribution in [0.1, 0.15) is 10.4 Å². The van der Waals surface area contributed by atoms with E-state index in [9.17, 15) is 14.0 Å². The average molecular weight is 301 g/mol. The van der Waals surface area contributed by atoms with E-state index in [4.69, 9.17) is 0 Å². The molecule has 0 atom stereocenters. The first-order valence-corrected chi connectivity index (χ1v) is 7.49. The van der Waals surface area contributed by atoms with Gasteiger partial charge >= 0.3 is 0 Å². The number of Topliss-reactive ketones (excluding diaryl/α,β-unsaturated/α-hetero) is 1. The van der Waals surface area contributed by atoms with Crippen molar-refractivity contribution in [3.8, 4) is 0 Å². The Hall–Kier alpha value is -2.14. The topological polar surface area (TPSA) is 37.4 Å². The number of fused-ring (bicyclic) bond motifs is 1. The van der Waals surface area contributed by atoms with E-state index in [2.05, 4.69) is 0 Å². The standard InChI is InChI=1S/C16H12FNO2S/c17-11-6-7-14-13(10-11)15(19)16(20)18(14)8-9-21-12-4-2-1-3-5-12/h1-7,10H,8-9H2. The lowest BCUT2D eigenvalue weighted by Crippen LogP contribution is -2.31. The van der Waals surface area contributed by atoms with Gasteiger partial charge in [-0.05, 0) is 30.3 Å². The number of ketones is 1. The Morgan fingerprint density at radius 2 is 1.81 bits per heavy atom. The van der Waals surface area contributed by atoms with E-state index < -0.39 is 17.5 Å². The summed E-state index contributed by atoms with van der Waals surface area (Å²) in [6.45, 7) is 0.419. The van der Waals surface area contributed by atoms with Crippen molar-refractivity contribution in [2.24, 2.45) is 0 Å². The van der Waals surface area contributed by atoms with Crippen LogP contribution in [0.15, 0.2) is 53.4 Å². The number of anilines is 1. The second kappa shape index (κ2) is 5.69. The lowest BCUT2D eigenvalue weighted by Gasteiger charge is -2.16. The molecule has 3 rings (SSSR count). The third kappa shape index (κ3) is 2.69. The van der Waals surface area contributed by atoms with Crippen LogP contribution in [0.5, 0.6) is 0 Å². The average Bonchev–Trinajstić information content (AvgIpc) is 2.73. The quantitative estimate of drug-likeness (QED) is 0.643. The van der Waals surface area contributed by atoms with Crippen molar-refractivity contribution in [1.82, 2.24) is 0 Å². The molecule has 2 aromatic rings. The third-order valence-corrected chi connectivity index (χ3v) is 4.25. The van der Waals surface area contributed by atoms with Crippen LogP contribution in [0.25, 0.3) is 0 Å². The molecule has 0 saturated carbocycles. The smallest absolute Gasteiger partial charge is 0.299 e. The second-order valence-electron chi connectivity index (χ2n) is 4.61. The summed E-state index contributed by atoms with van der Waals surface area (Å²) in [4.78, 5) is 26.3. The predicted octanol–water partition coefficient (Wildman–Crippen LogP) is 3.15. The first kappa shape index (κ1) is 13.8. The molecule has 1 aliphatic rings. The molecule has 2 aromatic carbocycles. The molecule has 21 heavy (non-hydrogen) atoms. The van der Waals surface area contributed by atoms with Crippen LogP contribution in [0.4, 0.5) is 10.1 Å². The fourth-order valence-electron chi connectivity index (χ4n) is 2.27. The summed E-state index contributed by atoms with van der Waals surface area (Å²) in [6, 6.07) is 13.7. The van der Waals surface area contributed by atoms with Gasteiger partial charge in [0.05, 0.1) is 11.3 Å². The minimum Gasteiger partial charge on any atom is -0.304 e. The highest BCUT2D eigenvalue weighted by atomic mass is 32.2. The van der Waals surface area contributed by atoms with Crippen LogP contribution in [0, 0.1) is 5.82 Å². The van der Waals surface area contributed by atoms with Gasteiger partial charge in [-0.3, -0.25) is 9.59 Å². The molecule has 106 valence electrons. The van der Waals surface area contributed by atoms with Crippen LogP contribution in [-0.2, 0) is 4.79 Å². The van der Waals surface area contributed by atoms with Gasteiger partial charge in [0.15, 0.2) is 0 Å². The van der Waals surface area contributed by atoms with Crippen LogP contribution in [0.3, 0.4) is 0 Å². The summed E-state index contributed by atoms with van der Waals surface area (Å²) < 4.78 is 13.2. The summed E-state index contributed by atoms with van der Waals surface area (Å²) in [5, 5.41) is 0. The van der Waals surface area contributed by atoms with Crippen molar-refractivity contribution in [3.05, 3.63) is 59.9 Å². The predicted molar refractivity (Wildman–Crippen MR) is 80.2 cm³/mol. The molecule has 1 aliphatic heterocycles. The van der Waals surface area contributed by atoms with Gasteiger partial charge in [0.2, 0.25) is 0 Å². The monoisotopic (exact) mass is 301 g/mol. The Kier molecular flexibility index (Phi) is 3.75. The number of nitrogens with zero attached hydrogens (tertiary/aromatic N) is 1. The molecule has 1 heterocycles. The number of rotatable bonds is 4. The summed E-state index contributed by atoms with van der Waals surface area (Å²) in [7, 11) is 0. The van der Waals surface area contributed by atoms with Gasteiger partial charge in [-0.1, -0.05) is 18.2 Å². The number of amides is 1. The molecule has 0 radical (unpaired) electrons. The molecular weight excluding hydrogens is 289 g/mol. The SMILES string of the molecule is O=C1C(=O)N(CCSc2ccccc2)c2ccc(F)cc21. The molecule has 0 N–H and O–H groups in total. The van der Waals surface area contributed by atoms with E-state index in [1.165, 1.54) is 17.0 Å². The Bertz CT molecular complexity index is 703. The fourth-order valence-corrected chi connectivity index (χ4v) is 3.13. The van der Waals surface area contributed by atoms with Gasteiger partial charge in [0.25, 0.3) is 11.7 Å². The minimum atomic E-state index is -0.630. The lowest BCUT2D eigenvalue weighted by molar-refractivity contribution is -0.114. The maximum Gasteiger partial charge on any atom is 0.299 e. The highest BCUT2D eigenvalue weighted by Crippen LogP contribution is 2.30. The molecule has 3 nitrogen and oxygen atoms in total. The van der Waals surface area contributed by atoms with E-state index in [0.717, 1.165) is 11.0 Å². The van der Waals surface area contributed by atoms with E-state index in [1.54, 1.807) is 11.8 Å². The molecule has 1 amide bonds. The number of benzene rings is 2. The van der Waals surface area contributed by atoms with E-state index in [0.29, 0.717) is 18.0 Å². The summed E-state index contributed by atoms with van der Waals surface area (Å²) in [5.41, 5.74) is 0.657. The molecule has 0 saturated heterocycles. The van der Waals surface area contributed by atoms with E-state index in [1.807, 2.05) is 30.3 Å². The maximum absolute atomic E-state index is 13.2. The third-order valence-electron chi connectivity index (χ3n) is 3.26. The van der Waals surface area contributed by atoms with Gasteiger partial charge in [0, 0.05) is 17.2 Å². The number of carbonyl (C=O) groups is 2. The number of halogens is 1. The van der Waals surface area contributed by atoms with Gasteiger partial charge in [-0.25, -0.2) is 4.39 Å². The number of thioether (sulfide) groups is 1. The van der Waals surface area contributed by atoms with E-state index >= 15 is 0 Å². The Morgan fingerprint density at radius 1 is 1.05 bits per heavy atom. The molecule has 0 unspecified atom stereocenters. The molecular formula is C16H12FNO2S. The maximum atomic E-state index is 13.2. The van der Waals surface area contributed by atoms with Gasteiger partial charge in [0.1, 0.15) is 5.82 Å². The minimum absolute atomic E-state index is 0.157. The molecule has 0 aliphatic carbocycles. The van der Waals surface area contributed by atoms with Gasteiger partial charge in [-0.15, -0.1) is 11.8 Å². The summed E-state index contributed by atoms with van der Waals surface area (Å²) in [5.74, 6) is -1.05. The lowest BCUT2D eigenvalue weighted by atomic mass is 10.1. The first-order valence-electron chi connectivity index (χ1n) is 6.50. The zero-order valence-corrected chi connectivity index (χ0v) is 11.9. The van der Waals surface area contributed by atoms with Gasteiger partial charge < -0.3 is 4.90 Å². The summed E-state index contributed by atoms with van der Waals surface area (Å²) in [6.07, 6.45) is 0. The zero-order valence-electron chi connectivity index (χ0n) is 11.1. The Balaban J connectivity index is 1.72. The van der Waals surface area contributed by atoms with Crippen LogP contribution in [-0.4, -0.2) is 24.0 Å². The van der Waals surface area contributed by atoms with Crippen LogP contribution in [0.2, 0.25) is 0 Å². The molecule has 0 aromatic heterocycles. The number of hydrogen-bond donors (Lipinski definition) is 0. The van der Waals surface area contributed by atoms with Crippen molar-refractivity contribution in [1.29, 1.82) is 0 Å². The molecule has 0 spiro atoms. The van der Waals surface area contributed by atoms with Crippen molar-refractivity contribution < 1.29 is 14.0 Å². The normalized spacial score (nSPS) is 13.7. The number of hydrogen-bond acceptors (Lipinski definition) is 3. The van der Waals surface area contributed by atoms with Crippen molar-refractivity contribution in [2.75, 3.05) is 17.2 Å². The molecule has 0 bridgehead atoms. The van der Waals surface area contributed by atoms with Crippen LogP contribution < -0.4 is 4.90 Å². The van der Waals surface area contributed by atoms with Crippen LogP contribution >= 0.6 is 11.8 Å².